The maximum Gasteiger partial charge on any atom is 0.0991 e. The number of hydrogen-bond acceptors (Lipinski definition) is 3. The average Bonchev–Trinajstić information content (AvgIpc) is 2.45. The molecule has 0 spiro atoms. The van der Waals surface area contributed by atoms with Gasteiger partial charge in [0.15, 0.2) is 0 Å². The van der Waals surface area contributed by atoms with Gasteiger partial charge in [0, 0.05) is 12.6 Å². The third kappa shape index (κ3) is 4.34. The Kier molecular flexibility index (Phi) is 5.38. The van der Waals surface area contributed by atoms with Crippen LogP contribution < -0.4 is 5.32 Å². The van der Waals surface area contributed by atoms with Gasteiger partial charge in [-0.25, -0.2) is 0 Å². The van der Waals surface area contributed by atoms with Crippen molar-refractivity contribution in [1.29, 1.82) is 5.26 Å². The highest BCUT2D eigenvalue weighted by molar-refractivity contribution is 5.32. The standard InChI is InChI=1S/C16H23N3/c1-19-10-3-2-7-16(19)8-9-18-13-15-6-4-5-14(11-15)12-17/h4-6,11,16,18H,2-3,7-10,13H2,1H3. The van der Waals surface area contributed by atoms with Crippen LogP contribution in [0.1, 0.15) is 36.8 Å². The van der Waals surface area contributed by atoms with Crippen molar-refractivity contribution in [1.82, 2.24) is 10.2 Å². The number of piperidine rings is 1. The minimum Gasteiger partial charge on any atom is -0.313 e. The largest absolute Gasteiger partial charge is 0.313 e. The normalized spacial score (nSPS) is 20.1. The van der Waals surface area contributed by atoms with Crippen LogP contribution in [-0.4, -0.2) is 31.1 Å². The summed E-state index contributed by atoms with van der Waals surface area (Å²) in [6.45, 7) is 3.15. The van der Waals surface area contributed by atoms with Crippen molar-refractivity contribution in [2.45, 2.75) is 38.3 Å². The van der Waals surface area contributed by atoms with Gasteiger partial charge >= 0.3 is 0 Å². The minimum atomic E-state index is 0.742. The van der Waals surface area contributed by atoms with E-state index in [1.807, 2.05) is 18.2 Å². The zero-order chi connectivity index (χ0) is 13.5. The Labute approximate surface area is 116 Å². The van der Waals surface area contributed by atoms with Gasteiger partial charge in [-0.1, -0.05) is 18.6 Å². The van der Waals surface area contributed by atoms with E-state index < -0.39 is 0 Å². The molecule has 1 aliphatic rings. The molecule has 1 aliphatic heterocycles. The van der Waals surface area contributed by atoms with Gasteiger partial charge in [-0.3, -0.25) is 0 Å². The number of benzene rings is 1. The van der Waals surface area contributed by atoms with E-state index in [-0.39, 0.29) is 0 Å². The summed E-state index contributed by atoms with van der Waals surface area (Å²) in [5, 5.41) is 12.3. The topological polar surface area (TPSA) is 39.1 Å². The molecule has 1 aromatic carbocycles. The zero-order valence-corrected chi connectivity index (χ0v) is 11.7. The summed E-state index contributed by atoms with van der Waals surface area (Å²) in [7, 11) is 2.24. The van der Waals surface area contributed by atoms with Gasteiger partial charge in [-0.15, -0.1) is 0 Å². The van der Waals surface area contributed by atoms with Crippen molar-refractivity contribution in [3.63, 3.8) is 0 Å². The second-order valence-electron chi connectivity index (χ2n) is 5.41. The van der Waals surface area contributed by atoms with Crippen LogP contribution in [0.2, 0.25) is 0 Å². The van der Waals surface area contributed by atoms with E-state index in [1.165, 1.54) is 37.8 Å². The summed E-state index contributed by atoms with van der Waals surface area (Å²) in [5.41, 5.74) is 1.93. The van der Waals surface area contributed by atoms with Crippen LogP contribution in [0.3, 0.4) is 0 Å². The van der Waals surface area contributed by atoms with Crippen molar-refractivity contribution in [3.8, 4) is 6.07 Å². The van der Waals surface area contributed by atoms with Crippen LogP contribution >= 0.6 is 0 Å². The summed E-state index contributed by atoms with van der Waals surface area (Å²) in [4.78, 5) is 2.49. The SMILES string of the molecule is CN1CCCCC1CCNCc1cccc(C#N)c1. The van der Waals surface area contributed by atoms with E-state index in [1.54, 1.807) is 0 Å². The zero-order valence-electron chi connectivity index (χ0n) is 11.7. The monoisotopic (exact) mass is 257 g/mol. The number of likely N-dealkylation sites (tertiary alicyclic amines) is 1. The molecule has 0 amide bonds. The molecule has 3 heteroatoms. The Morgan fingerprint density at radius 2 is 2.32 bits per heavy atom. The van der Waals surface area contributed by atoms with Gasteiger partial charge in [-0.05, 0) is 57.1 Å². The quantitative estimate of drug-likeness (QED) is 0.824. The van der Waals surface area contributed by atoms with Gasteiger partial charge in [0.25, 0.3) is 0 Å². The van der Waals surface area contributed by atoms with Crippen LogP contribution in [0.5, 0.6) is 0 Å². The summed E-state index contributed by atoms with van der Waals surface area (Å²) in [5.74, 6) is 0. The molecule has 19 heavy (non-hydrogen) atoms. The molecule has 0 bridgehead atoms. The van der Waals surface area contributed by atoms with Crippen LogP contribution in [-0.2, 0) is 6.54 Å². The smallest absolute Gasteiger partial charge is 0.0991 e. The lowest BCUT2D eigenvalue weighted by molar-refractivity contribution is 0.175. The summed E-state index contributed by atoms with van der Waals surface area (Å²) in [6.07, 6.45) is 5.27. The van der Waals surface area contributed by atoms with E-state index in [4.69, 9.17) is 5.26 Å². The molecule has 0 aromatic heterocycles. The third-order valence-corrected chi connectivity index (χ3v) is 3.96. The van der Waals surface area contributed by atoms with Crippen molar-refractivity contribution in [2.75, 3.05) is 20.1 Å². The van der Waals surface area contributed by atoms with Crippen molar-refractivity contribution >= 4 is 0 Å². The lowest BCUT2D eigenvalue weighted by atomic mass is 10.0. The second kappa shape index (κ2) is 7.28. The molecular formula is C16H23N3. The molecule has 1 saturated heterocycles. The first-order chi connectivity index (χ1) is 9.29. The molecule has 102 valence electrons. The Balaban J connectivity index is 1.70. The molecule has 1 N–H and O–H groups in total. The molecule has 1 atom stereocenters. The highest BCUT2D eigenvalue weighted by Gasteiger charge is 2.17. The predicted molar refractivity (Wildman–Crippen MR) is 77.7 cm³/mol. The first-order valence-corrected chi connectivity index (χ1v) is 7.19. The maximum absolute atomic E-state index is 8.86. The molecule has 1 unspecified atom stereocenters. The van der Waals surface area contributed by atoms with Crippen molar-refractivity contribution in [2.24, 2.45) is 0 Å². The number of rotatable bonds is 5. The fraction of sp³-hybridized carbons (Fsp3) is 0.562. The molecule has 2 rings (SSSR count). The van der Waals surface area contributed by atoms with E-state index in [2.05, 4.69) is 29.4 Å². The lowest BCUT2D eigenvalue weighted by Crippen LogP contribution is -2.38. The number of nitrogens with zero attached hydrogens (tertiary/aromatic N) is 2. The van der Waals surface area contributed by atoms with Crippen LogP contribution in [0.4, 0.5) is 0 Å². The van der Waals surface area contributed by atoms with E-state index in [9.17, 15) is 0 Å². The number of nitrogens with one attached hydrogen (secondary N) is 1. The number of nitriles is 1. The lowest BCUT2D eigenvalue weighted by Gasteiger charge is -2.32. The van der Waals surface area contributed by atoms with Gasteiger partial charge in [-0.2, -0.15) is 5.26 Å². The van der Waals surface area contributed by atoms with Crippen LogP contribution in [0.15, 0.2) is 24.3 Å². The Morgan fingerprint density at radius 3 is 3.11 bits per heavy atom. The molecular weight excluding hydrogens is 234 g/mol. The molecule has 0 saturated carbocycles. The Hall–Kier alpha value is -1.37. The highest BCUT2D eigenvalue weighted by Crippen LogP contribution is 2.17. The summed E-state index contributed by atoms with van der Waals surface area (Å²) >= 11 is 0. The average molecular weight is 257 g/mol. The predicted octanol–water partition coefficient (Wildman–Crippen LogP) is 2.52. The maximum atomic E-state index is 8.86. The fourth-order valence-corrected chi connectivity index (χ4v) is 2.76. The number of hydrogen-bond donors (Lipinski definition) is 1. The molecule has 1 heterocycles. The van der Waals surface area contributed by atoms with Crippen LogP contribution in [0.25, 0.3) is 0 Å². The minimum absolute atomic E-state index is 0.742. The molecule has 1 aromatic rings. The van der Waals surface area contributed by atoms with Gasteiger partial charge < -0.3 is 10.2 Å². The second-order valence-corrected chi connectivity index (χ2v) is 5.41. The Morgan fingerprint density at radius 1 is 1.42 bits per heavy atom. The van der Waals surface area contributed by atoms with Gasteiger partial charge in [0.1, 0.15) is 0 Å². The van der Waals surface area contributed by atoms with Gasteiger partial charge in [0.2, 0.25) is 0 Å². The van der Waals surface area contributed by atoms with Crippen molar-refractivity contribution < 1.29 is 0 Å². The highest BCUT2D eigenvalue weighted by atomic mass is 15.1. The third-order valence-electron chi connectivity index (χ3n) is 3.96. The molecule has 3 nitrogen and oxygen atoms in total. The van der Waals surface area contributed by atoms with Crippen molar-refractivity contribution in [3.05, 3.63) is 35.4 Å². The van der Waals surface area contributed by atoms with E-state index in [0.29, 0.717) is 0 Å². The first-order valence-electron chi connectivity index (χ1n) is 7.19. The Bertz CT molecular complexity index is 436. The van der Waals surface area contributed by atoms with E-state index >= 15 is 0 Å². The summed E-state index contributed by atoms with van der Waals surface area (Å²) < 4.78 is 0. The summed E-state index contributed by atoms with van der Waals surface area (Å²) in [6, 6.07) is 10.7. The fourth-order valence-electron chi connectivity index (χ4n) is 2.76. The first kappa shape index (κ1) is 14.0. The molecule has 1 fully saturated rings. The van der Waals surface area contributed by atoms with E-state index in [0.717, 1.165) is 24.7 Å². The van der Waals surface area contributed by atoms with Gasteiger partial charge in [0.05, 0.1) is 11.6 Å². The molecule has 0 radical (unpaired) electrons. The molecule has 0 aliphatic carbocycles. The van der Waals surface area contributed by atoms with Crippen LogP contribution in [0, 0.1) is 11.3 Å².